The topological polar surface area (TPSA) is 79.6 Å². The van der Waals surface area contributed by atoms with Crippen molar-refractivity contribution in [3.05, 3.63) is 54.2 Å². The number of fused-ring (bicyclic) bond motifs is 1. The van der Waals surface area contributed by atoms with Crippen molar-refractivity contribution in [2.24, 2.45) is 5.92 Å². The summed E-state index contributed by atoms with van der Waals surface area (Å²) in [5, 5.41) is 10.4. The molecule has 1 atom stereocenters. The minimum atomic E-state index is -4.51. The highest BCUT2D eigenvalue weighted by Gasteiger charge is 2.37. The molecular formula is C18H14F3N5O2. The molecule has 10 heteroatoms. The molecule has 144 valence electrons. The Bertz CT molecular complexity index is 1060. The van der Waals surface area contributed by atoms with Gasteiger partial charge in [0.05, 0.1) is 11.5 Å². The number of halogens is 3. The number of carbonyl (C=O) groups excluding carboxylic acids is 2. The van der Waals surface area contributed by atoms with Crippen LogP contribution in [0.15, 0.2) is 48.7 Å². The van der Waals surface area contributed by atoms with Gasteiger partial charge in [0.1, 0.15) is 0 Å². The van der Waals surface area contributed by atoms with Crippen molar-refractivity contribution in [3.63, 3.8) is 0 Å². The van der Waals surface area contributed by atoms with Crippen LogP contribution in [0.4, 0.5) is 24.8 Å². The molecule has 1 unspecified atom stereocenters. The molecular weight excluding hydrogens is 375 g/mol. The van der Waals surface area contributed by atoms with Gasteiger partial charge in [-0.15, -0.1) is 10.2 Å². The Morgan fingerprint density at radius 2 is 1.96 bits per heavy atom. The lowest BCUT2D eigenvalue weighted by atomic mass is 10.1. The quantitative estimate of drug-likeness (QED) is 0.747. The van der Waals surface area contributed by atoms with Crippen molar-refractivity contribution >= 4 is 29.1 Å². The number of alkyl halides is 3. The zero-order chi connectivity index (χ0) is 19.9. The Labute approximate surface area is 156 Å². The van der Waals surface area contributed by atoms with Gasteiger partial charge < -0.3 is 4.90 Å². The lowest BCUT2D eigenvalue weighted by molar-refractivity contribution is -0.137. The number of benzene rings is 1. The van der Waals surface area contributed by atoms with Gasteiger partial charge in [-0.25, -0.2) is 0 Å². The fraction of sp³-hybridized carbons (Fsp3) is 0.222. The van der Waals surface area contributed by atoms with E-state index in [1.165, 1.54) is 17.0 Å². The van der Waals surface area contributed by atoms with Crippen LogP contribution < -0.4 is 10.2 Å². The van der Waals surface area contributed by atoms with Crippen molar-refractivity contribution in [2.45, 2.75) is 12.6 Å². The normalized spacial score (nSPS) is 17.3. The number of rotatable bonds is 3. The number of pyridine rings is 1. The van der Waals surface area contributed by atoms with E-state index >= 15 is 0 Å². The molecule has 1 aliphatic rings. The molecule has 1 aliphatic heterocycles. The van der Waals surface area contributed by atoms with Crippen LogP contribution in [-0.2, 0) is 15.8 Å². The number of hydrogen-bond donors (Lipinski definition) is 1. The zero-order valence-corrected chi connectivity index (χ0v) is 14.3. The van der Waals surface area contributed by atoms with E-state index < -0.39 is 29.5 Å². The second-order valence-electron chi connectivity index (χ2n) is 6.40. The summed E-state index contributed by atoms with van der Waals surface area (Å²) in [4.78, 5) is 26.0. The van der Waals surface area contributed by atoms with E-state index in [-0.39, 0.29) is 24.6 Å². The summed E-state index contributed by atoms with van der Waals surface area (Å²) in [6.45, 7) is -0.0112. The first-order chi connectivity index (χ1) is 13.3. The lowest BCUT2D eigenvalue weighted by Gasteiger charge is -2.18. The van der Waals surface area contributed by atoms with Crippen molar-refractivity contribution < 1.29 is 22.8 Å². The Kier molecular flexibility index (Phi) is 4.25. The van der Waals surface area contributed by atoms with Gasteiger partial charge in [0.25, 0.3) is 0 Å². The third-order valence-electron chi connectivity index (χ3n) is 4.53. The van der Waals surface area contributed by atoms with E-state index in [2.05, 4.69) is 15.5 Å². The maximum Gasteiger partial charge on any atom is 0.416 e. The van der Waals surface area contributed by atoms with E-state index in [1.807, 2.05) is 0 Å². The van der Waals surface area contributed by atoms with E-state index in [0.29, 0.717) is 5.65 Å². The molecule has 1 fully saturated rings. The maximum absolute atomic E-state index is 12.9. The van der Waals surface area contributed by atoms with Gasteiger partial charge in [-0.2, -0.15) is 13.2 Å². The fourth-order valence-electron chi connectivity index (χ4n) is 3.12. The minimum Gasteiger partial charge on any atom is -0.312 e. The Balaban J connectivity index is 1.51. The average Bonchev–Trinajstić information content (AvgIpc) is 3.25. The first kappa shape index (κ1) is 18.0. The van der Waals surface area contributed by atoms with Crippen LogP contribution in [0, 0.1) is 5.92 Å². The summed E-state index contributed by atoms with van der Waals surface area (Å²) in [6, 6.07) is 9.74. The van der Waals surface area contributed by atoms with E-state index in [1.54, 1.807) is 28.8 Å². The highest BCUT2D eigenvalue weighted by Crippen LogP contribution is 2.33. The molecule has 4 rings (SSSR count). The number of anilines is 2. The first-order valence-corrected chi connectivity index (χ1v) is 8.41. The highest BCUT2D eigenvalue weighted by molar-refractivity contribution is 6.03. The number of nitrogens with one attached hydrogen (secondary N) is 1. The van der Waals surface area contributed by atoms with Gasteiger partial charge >= 0.3 is 6.18 Å². The monoisotopic (exact) mass is 389 g/mol. The third kappa shape index (κ3) is 3.28. The second kappa shape index (κ2) is 6.63. The molecule has 0 radical (unpaired) electrons. The predicted molar refractivity (Wildman–Crippen MR) is 93.5 cm³/mol. The molecule has 28 heavy (non-hydrogen) atoms. The number of amides is 2. The molecule has 0 bridgehead atoms. The number of nitrogens with zero attached hydrogens (tertiary/aromatic N) is 4. The first-order valence-electron chi connectivity index (χ1n) is 8.41. The molecule has 0 saturated carbocycles. The molecule has 1 saturated heterocycles. The molecule has 0 spiro atoms. The smallest absolute Gasteiger partial charge is 0.312 e. The summed E-state index contributed by atoms with van der Waals surface area (Å²) in [5.74, 6) is -1.35. The van der Waals surface area contributed by atoms with Crippen LogP contribution in [0.3, 0.4) is 0 Å². The van der Waals surface area contributed by atoms with E-state index in [4.69, 9.17) is 0 Å². The Hall–Kier alpha value is -3.43. The standard InChI is InChI=1S/C18H14F3N5O2/c19-18(20,21)12-4-3-5-13(9-12)26-10-11(8-15(26)27)16(28)22-17-24-23-14-6-1-2-7-25(14)17/h1-7,9,11H,8,10H2,(H,22,24,28). The molecule has 3 aromatic rings. The molecule has 3 heterocycles. The van der Waals surface area contributed by atoms with Gasteiger partial charge in [0.2, 0.25) is 17.8 Å². The number of carbonyl (C=O) groups is 2. The minimum absolute atomic E-state index is 0.0112. The van der Waals surface area contributed by atoms with Crippen molar-refractivity contribution in [2.75, 3.05) is 16.8 Å². The highest BCUT2D eigenvalue weighted by atomic mass is 19.4. The lowest BCUT2D eigenvalue weighted by Crippen LogP contribution is -2.28. The zero-order valence-electron chi connectivity index (χ0n) is 14.3. The summed E-state index contributed by atoms with van der Waals surface area (Å²) >= 11 is 0. The fourth-order valence-corrected chi connectivity index (χ4v) is 3.12. The Morgan fingerprint density at radius 3 is 2.75 bits per heavy atom. The third-order valence-corrected chi connectivity index (χ3v) is 4.53. The number of hydrogen-bond acceptors (Lipinski definition) is 4. The van der Waals surface area contributed by atoms with Gasteiger partial charge in [0.15, 0.2) is 5.65 Å². The summed E-state index contributed by atoms with van der Waals surface area (Å²) in [5.41, 5.74) is -0.186. The largest absolute Gasteiger partial charge is 0.416 e. The van der Waals surface area contributed by atoms with Gasteiger partial charge in [0, 0.05) is 24.8 Å². The van der Waals surface area contributed by atoms with Crippen LogP contribution >= 0.6 is 0 Å². The van der Waals surface area contributed by atoms with Crippen molar-refractivity contribution in [1.29, 1.82) is 0 Å². The van der Waals surface area contributed by atoms with Crippen LogP contribution in [0.25, 0.3) is 5.65 Å². The number of aromatic nitrogens is 3. The SMILES string of the molecule is O=C(Nc1nnc2ccccn12)C1CC(=O)N(c2cccc(C(F)(F)F)c2)C1. The van der Waals surface area contributed by atoms with Crippen molar-refractivity contribution in [3.8, 4) is 0 Å². The predicted octanol–water partition coefficient (Wildman–Crippen LogP) is 2.74. The van der Waals surface area contributed by atoms with Crippen LogP contribution in [0.1, 0.15) is 12.0 Å². The van der Waals surface area contributed by atoms with Crippen LogP contribution in [0.2, 0.25) is 0 Å². The van der Waals surface area contributed by atoms with Gasteiger partial charge in [-0.1, -0.05) is 12.1 Å². The summed E-state index contributed by atoms with van der Waals surface area (Å²) in [7, 11) is 0. The Morgan fingerprint density at radius 1 is 1.14 bits per heavy atom. The maximum atomic E-state index is 12.9. The van der Waals surface area contributed by atoms with E-state index in [9.17, 15) is 22.8 Å². The van der Waals surface area contributed by atoms with Gasteiger partial charge in [-0.05, 0) is 30.3 Å². The van der Waals surface area contributed by atoms with E-state index in [0.717, 1.165) is 12.1 Å². The van der Waals surface area contributed by atoms with Crippen LogP contribution in [0.5, 0.6) is 0 Å². The molecule has 1 N–H and O–H groups in total. The average molecular weight is 389 g/mol. The van der Waals surface area contributed by atoms with Gasteiger partial charge in [-0.3, -0.25) is 19.3 Å². The molecule has 2 aromatic heterocycles. The molecule has 1 aromatic carbocycles. The summed E-state index contributed by atoms with van der Waals surface area (Å²) in [6.07, 6.45) is -2.93. The van der Waals surface area contributed by atoms with Crippen molar-refractivity contribution in [1.82, 2.24) is 14.6 Å². The summed E-state index contributed by atoms with van der Waals surface area (Å²) < 4.78 is 40.3. The molecule has 7 nitrogen and oxygen atoms in total. The molecule has 0 aliphatic carbocycles. The van der Waals surface area contributed by atoms with Crippen LogP contribution in [-0.4, -0.2) is 33.0 Å². The molecule has 2 amide bonds. The second-order valence-corrected chi connectivity index (χ2v) is 6.40.